The molecule has 0 fully saturated rings. The van der Waals surface area contributed by atoms with E-state index in [-0.39, 0.29) is 5.69 Å². The minimum absolute atomic E-state index is 0.0696. The predicted molar refractivity (Wildman–Crippen MR) is 80.1 cm³/mol. The van der Waals surface area contributed by atoms with Crippen molar-refractivity contribution in [1.82, 2.24) is 5.32 Å². The van der Waals surface area contributed by atoms with Crippen LogP contribution in [0.4, 0.5) is 5.69 Å². The van der Waals surface area contributed by atoms with Crippen molar-refractivity contribution in [2.24, 2.45) is 0 Å². The van der Waals surface area contributed by atoms with Gasteiger partial charge in [0.25, 0.3) is 5.69 Å². The molecule has 0 heterocycles. The molecule has 0 saturated heterocycles. The van der Waals surface area contributed by atoms with Crippen LogP contribution in [0.15, 0.2) is 18.2 Å². The molecular formula is C15H21N3O3. The first kappa shape index (κ1) is 16.9. The van der Waals surface area contributed by atoms with E-state index in [4.69, 9.17) is 10.00 Å². The van der Waals surface area contributed by atoms with Crippen LogP contribution in [0.2, 0.25) is 0 Å². The normalized spacial score (nSPS) is 10.1. The van der Waals surface area contributed by atoms with Crippen molar-refractivity contribution in [1.29, 1.82) is 5.26 Å². The molecule has 0 unspecified atom stereocenters. The van der Waals surface area contributed by atoms with E-state index in [1.165, 1.54) is 6.07 Å². The van der Waals surface area contributed by atoms with Gasteiger partial charge in [-0.1, -0.05) is 6.92 Å². The smallest absolute Gasteiger partial charge is 0.270 e. The molecule has 1 rings (SSSR count). The van der Waals surface area contributed by atoms with E-state index in [0.29, 0.717) is 25.3 Å². The van der Waals surface area contributed by atoms with E-state index in [1.807, 2.05) is 0 Å². The number of nitro benzene ring substituents is 1. The summed E-state index contributed by atoms with van der Waals surface area (Å²) in [7, 11) is 0. The predicted octanol–water partition coefficient (Wildman–Crippen LogP) is 3.17. The van der Waals surface area contributed by atoms with Crippen LogP contribution >= 0.6 is 0 Å². The van der Waals surface area contributed by atoms with Gasteiger partial charge in [0.1, 0.15) is 5.75 Å². The Labute approximate surface area is 124 Å². The molecule has 0 spiro atoms. The molecule has 114 valence electrons. The van der Waals surface area contributed by atoms with Crippen LogP contribution in [0.1, 0.15) is 38.2 Å². The minimum atomic E-state index is -0.403. The number of nitriles is 1. The van der Waals surface area contributed by atoms with Crippen LogP contribution in [0.5, 0.6) is 5.75 Å². The summed E-state index contributed by atoms with van der Waals surface area (Å²) in [6.45, 7) is 3.97. The highest BCUT2D eigenvalue weighted by Crippen LogP contribution is 2.24. The second-order valence-corrected chi connectivity index (χ2v) is 4.69. The van der Waals surface area contributed by atoms with Gasteiger partial charge in [0, 0.05) is 30.7 Å². The Balaban J connectivity index is 2.66. The van der Waals surface area contributed by atoms with Gasteiger partial charge in [-0.05, 0) is 31.9 Å². The van der Waals surface area contributed by atoms with Gasteiger partial charge in [-0.3, -0.25) is 10.1 Å². The summed E-state index contributed by atoms with van der Waals surface area (Å²) in [6, 6.07) is 6.74. The zero-order valence-electron chi connectivity index (χ0n) is 12.3. The Morgan fingerprint density at radius 3 is 2.90 bits per heavy atom. The Bertz CT molecular complexity index is 497. The van der Waals surface area contributed by atoms with Gasteiger partial charge in [0.2, 0.25) is 0 Å². The quantitative estimate of drug-likeness (QED) is 0.406. The first-order valence-corrected chi connectivity index (χ1v) is 7.16. The Hall–Kier alpha value is -2.13. The Morgan fingerprint density at radius 1 is 1.43 bits per heavy atom. The first-order chi connectivity index (χ1) is 10.2. The summed E-state index contributed by atoms with van der Waals surface area (Å²) < 4.78 is 5.68. The molecule has 6 nitrogen and oxygen atoms in total. The molecule has 0 amide bonds. The molecule has 0 bridgehead atoms. The largest absolute Gasteiger partial charge is 0.493 e. The lowest BCUT2D eigenvalue weighted by Crippen LogP contribution is -2.15. The number of nitrogens with one attached hydrogen (secondary N) is 1. The summed E-state index contributed by atoms with van der Waals surface area (Å²) in [5.74, 6) is 0.668. The van der Waals surface area contributed by atoms with Gasteiger partial charge >= 0.3 is 0 Å². The van der Waals surface area contributed by atoms with Crippen LogP contribution in [0, 0.1) is 21.4 Å². The summed E-state index contributed by atoms with van der Waals surface area (Å²) >= 11 is 0. The number of benzene rings is 1. The zero-order chi connectivity index (χ0) is 15.5. The van der Waals surface area contributed by atoms with Crippen molar-refractivity contribution in [3.63, 3.8) is 0 Å². The number of hydrogen-bond acceptors (Lipinski definition) is 5. The molecule has 1 N–H and O–H groups in total. The molecule has 0 aromatic heterocycles. The summed E-state index contributed by atoms with van der Waals surface area (Å²) in [6.07, 6.45) is 3.12. The molecule has 6 heteroatoms. The fraction of sp³-hybridized carbons (Fsp3) is 0.533. The first-order valence-electron chi connectivity index (χ1n) is 7.16. The second kappa shape index (κ2) is 9.72. The van der Waals surface area contributed by atoms with E-state index in [2.05, 4.69) is 18.3 Å². The van der Waals surface area contributed by atoms with E-state index < -0.39 is 4.92 Å². The molecule has 0 atom stereocenters. The lowest BCUT2D eigenvalue weighted by molar-refractivity contribution is -0.384. The van der Waals surface area contributed by atoms with E-state index in [9.17, 15) is 10.1 Å². The maximum atomic E-state index is 10.8. The molecule has 21 heavy (non-hydrogen) atoms. The lowest BCUT2D eigenvalue weighted by Gasteiger charge is -2.12. The molecule has 1 aromatic carbocycles. The van der Waals surface area contributed by atoms with Gasteiger partial charge in [-0.15, -0.1) is 0 Å². The highest BCUT2D eigenvalue weighted by atomic mass is 16.6. The minimum Gasteiger partial charge on any atom is -0.493 e. The third-order valence-electron chi connectivity index (χ3n) is 2.94. The maximum absolute atomic E-state index is 10.8. The Morgan fingerprint density at radius 2 is 2.24 bits per heavy atom. The summed E-state index contributed by atoms with van der Waals surface area (Å²) in [4.78, 5) is 10.4. The molecule has 0 aliphatic carbocycles. The number of rotatable bonds is 10. The zero-order valence-corrected chi connectivity index (χ0v) is 12.3. The summed E-state index contributed by atoms with van der Waals surface area (Å²) in [5.41, 5.74) is 0.859. The van der Waals surface area contributed by atoms with Gasteiger partial charge in [0.05, 0.1) is 17.6 Å². The fourth-order valence-electron chi connectivity index (χ4n) is 1.85. The number of nitrogens with zero attached hydrogens (tertiary/aromatic N) is 2. The van der Waals surface area contributed by atoms with Gasteiger partial charge in [-0.25, -0.2) is 0 Å². The van der Waals surface area contributed by atoms with Crippen LogP contribution in [0.25, 0.3) is 0 Å². The van der Waals surface area contributed by atoms with Crippen molar-refractivity contribution in [3.8, 4) is 11.8 Å². The molecule has 1 aromatic rings. The number of ether oxygens (including phenoxy) is 1. The third-order valence-corrected chi connectivity index (χ3v) is 2.94. The monoisotopic (exact) mass is 291 g/mol. The topological polar surface area (TPSA) is 88.2 Å². The highest BCUT2D eigenvalue weighted by molar-refractivity contribution is 5.43. The second-order valence-electron chi connectivity index (χ2n) is 4.69. The van der Waals surface area contributed by atoms with Gasteiger partial charge in [0.15, 0.2) is 0 Å². The van der Waals surface area contributed by atoms with E-state index in [1.54, 1.807) is 12.1 Å². The number of non-ortho nitro benzene ring substituents is 1. The Kier molecular flexibility index (Phi) is 7.84. The van der Waals surface area contributed by atoms with E-state index >= 15 is 0 Å². The number of hydrogen-bond donors (Lipinski definition) is 1. The van der Waals surface area contributed by atoms with Crippen molar-refractivity contribution < 1.29 is 9.66 Å². The van der Waals surface area contributed by atoms with Crippen LogP contribution in [0.3, 0.4) is 0 Å². The van der Waals surface area contributed by atoms with Crippen molar-refractivity contribution in [3.05, 3.63) is 33.9 Å². The van der Waals surface area contributed by atoms with Gasteiger partial charge < -0.3 is 10.1 Å². The molecule has 0 saturated carbocycles. The van der Waals surface area contributed by atoms with Crippen LogP contribution < -0.4 is 10.1 Å². The van der Waals surface area contributed by atoms with Crippen molar-refractivity contribution in [2.45, 2.75) is 39.2 Å². The standard InChI is InChI=1S/C15H21N3O3/c1-2-9-17-12-13-11-14(18(19)20)6-7-15(13)21-10-5-3-4-8-16/h6-7,11,17H,2-5,9-10,12H2,1H3. The average molecular weight is 291 g/mol. The van der Waals surface area contributed by atoms with Crippen LogP contribution in [-0.2, 0) is 6.54 Å². The number of nitro groups is 1. The van der Waals surface area contributed by atoms with Gasteiger partial charge in [-0.2, -0.15) is 5.26 Å². The molecular weight excluding hydrogens is 270 g/mol. The molecule has 0 aliphatic rings. The maximum Gasteiger partial charge on any atom is 0.270 e. The summed E-state index contributed by atoms with van der Waals surface area (Å²) in [5, 5.41) is 22.5. The fourth-order valence-corrected chi connectivity index (χ4v) is 1.85. The average Bonchev–Trinajstić information content (AvgIpc) is 2.48. The van der Waals surface area contributed by atoms with E-state index in [0.717, 1.165) is 31.4 Å². The van der Waals surface area contributed by atoms with Crippen molar-refractivity contribution >= 4 is 5.69 Å². The molecule has 0 aliphatic heterocycles. The molecule has 0 radical (unpaired) electrons. The third kappa shape index (κ3) is 6.23. The lowest BCUT2D eigenvalue weighted by atomic mass is 10.1. The number of unbranched alkanes of at least 4 members (excludes halogenated alkanes) is 2. The SMILES string of the molecule is CCCNCc1cc([N+](=O)[O-])ccc1OCCCCC#N. The highest BCUT2D eigenvalue weighted by Gasteiger charge is 2.11. The van der Waals surface area contributed by atoms with Crippen molar-refractivity contribution in [2.75, 3.05) is 13.2 Å². The van der Waals surface area contributed by atoms with Crippen LogP contribution in [-0.4, -0.2) is 18.1 Å².